The van der Waals surface area contributed by atoms with Gasteiger partial charge in [0, 0.05) is 17.5 Å². The zero-order chi connectivity index (χ0) is 22.8. The van der Waals surface area contributed by atoms with Crippen LogP contribution in [0, 0.1) is 0 Å². The van der Waals surface area contributed by atoms with Gasteiger partial charge in [-0.05, 0) is 74.0 Å². The fraction of sp³-hybridized carbons (Fsp3) is 0.296. The third kappa shape index (κ3) is 3.97. The maximum atomic E-state index is 6.56. The number of ether oxygens (including phenoxy) is 4. The first-order valence-electron chi connectivity index (χ1n) is 11.4. The first-order chi connectivity index (χ1) is 16.2. The summed E-state index contributed by atoms with van der Waals surface area (Å²) in [4.78, 5) is 0. The van der Waals surface area contributed by atoms with Crippen molar-refractivity contribution in [2.75, 3.05) is 20.3 Å². The van der Waals surface area contributed by atoms with E-state index < -0.39 is 0 Å². The largest absolute Gasteiger partial charge is 0.497 e. The molecule has 6 nitrogen and oxygen atoms in total. The van der Waals surface area contributed by atoms with Gasteiger partial charge in [-0.2, -0.15) is 5.10 Å². The average Bonchev–Trinajstić information content (AvgIpc) is 3.31. The first-order valence-corrected chi connectivity index (χ1v) is 11.4. The molecule has 2 atom stereocenters. The lowest BCUT2D eigenvalue weighted by atomic mass is 9.95. The van der Waals surface area contributed by atoms with Crippen molar-refractivity contribution < 1.29 is 18.9 Å². The van der Waals surface area contributed by atoms with Gasteiger partial charge in [-0.1, -0.05) is 12.1 Å². The Labute approximate surface area is 194 Å². The Morgan fingerprint density at radius 2 is 1.64 bits per heavy atom. The van der Waals surface area contributed by atoms with Gasteiger partial charge in [-0.15, -0.1) is 0 Å². The van der Waals surface area contributed by atoms with Gasteiger partial charge in [-0.25, -0.2) is 5.01 Å². The van der Waals surface area contributed by atoms with Crippen molar-refractivity contribution in [1.82, 2.24) is 5.01 Å². The molecule has 2 aliphatic rings. The lowest BCUT2D eigenvalue weighted by molar-refractivity contribution is -0.0212. The Morgan fingerprint density at radius 1 is 0.909 bits per heavy atom. The van der Waals surface area contributed by atoms with Crippen molar-refractivity contribution in [1.29, 1.82) is 0 Å². The summed E-state index contributed by atoms with van der Waals surface area (Å²) < 4.78 is 23.4. The number of rotatable bonds is 7. The number of hydrazone groups is 1. The summed E-state index contributed by atoms with van der Waals surface area (Å²) in [6.45, 7) is 5.20. The molecule has 0 amide bonds. The third-order valence-electron chi connectivity index (χ3n) is 5.98. The SMILES string of the molecule is CCOc1ccc(C2=NN3C(C2)c2cccc(OCC)c2OC3c2ccc(OC)cc2)cc1. The molecule has 0 saturated heterocycles. The van der Waals surface area contributed by atoms with E-state index in [2.05, 4.69) is 23.2 Å². The van der Waals surface area contributed by atoms with Gasteiger partial charge in [0.1, 0.15) is 11.5 Å². The van der Waals surface area contributed by atoms with Crippen LogP contribution >= 0.6 is 0 Å². The highest BCUT2D eigenvalue weighted by Gasteiger charge is 2.42. The minimum atomic E-state index is -0.366. The van der Waals surface area contributed by atoms with E-state index in [0.29, 0.717) is 13.2 Å². The van der Waals surface area contributed by atoms with Crippen LogP contribution < -0.4 is 18.9 Å². The number of hydrogen-bond donors (Lipinski definition) is 0. The number of nitrogens with zero attached hydrogens (tertiary/aromatic N) is 2. The van der Waals surface area contributed by atoms with E-state index >= 15 is 0 Å². The van der Waals surface area contributed by atoms with E-state index in [1.165, 1.54) is 0 Å². The summed E-state index contributed by atoms with van der Waals surface area (Å²) >= 11 is 0. The molecule has 2 unspecified atom stereocenters. The first kappa shape index (κ1) is 21.2. The summed E-state index contributed by atoms with van der Waals surface area (Å²) in [6, 6.07) is 22.2. The van der Waals surface area contributed by atoms with E-state index in [4.69, 9.17) is 24.0 Å². The fourth-order valence-electron chi connectivity index (χ4n) is 4.43. The van der Waals surface area contributed by atoms with Crippen LogP contribution in [0.4, 0.5) is 0 Å². The van der Waals surface area contributed by atoms with Crippen LogP contribution in [-0.4, -0.2) is 31.0 Å². The number of benzene rings is 3. The normalized spacial score (nSPS) is 18.6. The maximum absolute atomic E-state index is 6.56. The van der Waals surface area contributed by atoms with Crippen LogP contribution in [0.25, 0.3) is 0 Å². The summed E-state index contributed by atoms with van der Waals surface area (Å²) in [5, 5.41) is 7.12. The molecular weight excluding hydrogens is 416 g/mol. The maximum Gasteiger partial charge on any atom is 0.214 e. The van der Waals surface area contributed by atoms with E-state index in [1.54, 1.807) is 7.11 Å². The van der Waals surface area contributed by atoms with Crippen LogP contribution in [0.5, 0.6) is 23.0 Å². The van der Waals surface area contributed by atoms with Gasteiger partial charge in [0.2, 0.25) is 6.23 Å². The summed E-state index contributed by atoms with van der Waals surface area (Å²) in [6.07, 6.45) is 0.419. The Balaban J connectivity index is 1.54. The Kier molecular flexibility index (Phi) is 5.82. The summed E-state index contributed by atoms with van der Waals surface area (Å²) in [5.41, 5.74) is 4.22. The second-order valence-corrected chi connectivity index (χ2v) is 7.95. The van der Waals surface area contributed by atoms with Crippen LogP contribution in [-0.2, 0) is 0 Å². The van der Waals surface area contributed by atoms with Gasteiger partial charge >= 0.3 is 0 Å². The van der Waals surface area contributed by atoms with Crippen LogP contribution in [0.2, 0.25) is 0 Å². The third-order valence-corrected chi connectivity index (χ3v) is 5.98. The van der Waals surface area contributed by atoms with Gasteiger partial charge in [0.25, 0.3) is 0 Å². The zero-order valence-corrected chi connectivity index (χ0v) is 19.2. The van der Waals surface area contributed by atoms with Crippen LogP contribution in [0.3, 0.4) is 0 Å². The lowest BCUT2D eigenvalue weighted by Crippen LogP contribution is -2.33. The van der Waals surface area contributed by atoms with Crippen molar-refractivity contribution in [3.05, 3.63) is 83.4 Å². The minimum absolute atomic E-state index is 0.0582. The van der Waals surface area contributed by atoms with Crippen molar-refractivity contribution >= 4 is 5.71 Å². The standard InChI is InChI=1S/C27H28N2O4/c1-4-31-21-15-9-18(10-16-21)23-17-24-22-7-6-8-25(32-5-2)26(22)33-27(29(24)28-23)19-11-13-20(30-3)14-12-19/h6-16,24,27H,4-5,17H2,1-3H3. The molecule has 5 rings (SSSR count). The molecule has 33 heavy (non-hydrogen) atoms. The lowest BCUT2D eigenvalue weighted by Gasteiger charge is -2.38. The quantitative estimate of drug-likeness (QED) is 0.465. The average molecular weight is 445 g/mol. The smallest absolute Gasteiger partial charge is 0.214 e. The number of methoxy groups -OCH3 is 1. The van der Waals surface area contributed by atoms with E-state index in [-0.39, 0.29) is 12.3 Å². The highest BCUT2D eigenvalue weighted by atomic mass is 16.5. The molecule has 0 aromatic heterocycles. The van der Waals surface area contributed by atoms with Crippen molar-refractivity contribution in [2.45, 2.75) is 32.5 Å². The molecule has 0 radical (unpaired) electrons. The fourth-order valence-corrected chi connectivity index (χ4v) is 4.43. The molecule has 0 spiro atoms. The van der Waals surface area contributed by atoms with E-state index in [9.17, 15) is 0 Å². The molecule has 0 saturated carbocycles. The monoisotopic (exact) mass is 444 g/mol. The second-order valence-electron chi connectivity index (χ2n) is 7.95. The van der Waals surface area contributed by atoms with Gasteiger partial charge < -0.3 is 18.9 Å². The molecule has 2 heterocycles. The number of para-hydroxylation sites is 1. The molecule has 0 fully saturated rings. The topological polar surface area (TPSA) is 52.5 Å². The predicted molar refractivity (Wildman–Crippen MR) is 127 cm³/mol. The molecule has 170 valence electrons. The van der Waals surface area contributed by atoms with Crippen LogP contribution in [0.1, 0.15) is 49.2 Å². The highest BCUT2D eigenvalue weighted by molar-refractivity contribution is 6.02. The van der Waals surface area contributed by atoms with E-state index in [1.807, 2.05) is 62.4 Å². The van der Waals surface area contributed by atoms with Gasteiger partial charge in [-0.3, -0.25) is 0 Å². The highest BCUT2D eigenvalue weighted by Crippen LogP contribution is 2.50. The zero-order valence-electron chi connectivity index (χ0n) is 19.2. The Morgan fingerprint density at radius 3 is 2.33 bits per heavy atom. The van der Waals surface area contributed by atoms with Gasteiger partial charge in [0.15, 0.2) is 11.5 Å². The van der Waals surface area contributed by atoms with E-state index in [0.717, 1.165) is 51.8 Å². The van der Waals surface area contributed by atoms with Crippen molar-refractivity contribution in [3.8, 4) is 23.0 Å². The van der Waals surface area contributed by atoms with Crippen LogP contribution in [0.15, 0.2) is 71.8 Å². The summed E-state index contributed by atoms with van der Waals surface area (Å²) in [5.74, 6) is 3.23. The summed E-state index contributed by atoms with van der Waals surface area (Å²) in [7, 11) is 1.67. The molecule has 0 aliphatic carbocycles. The Hall–Kier alpha value is -3.67. The second kappa shape index (κ2) is 9.06. The molecule has 3 aromatic rings. The van der Waals surface area contributed by atoms with Crippen molar-refractivity contribution in [3.63, 3.8) is 0 Å². The molecule has 2 aliphatic heterocycles. The van der Waals surface area contributed by atoms with Gasteiger partial charge in [0.05, 0.1) is 32.1 Å². The molecule has 0 bridgehead atoms. The predicted octanol–water partition coefficient (Wildman–Crippen LogP) is 5.73. The van der Waals surface area contributed by atoms with Crippen molar-refractivity contribution in [2.24, 2.45) is 5.10 Å². The minimum Gasteiger partial charge on any atom is -0.497 e. The Bertz CT molecular complexity index is 1140. The number of hydrogen-bond acceptors (Lipinski definition) is 6. The molecule has 3 aromatic carbocycles. The number of fused-ring (bicyclic) bond motifs is 3. The molecular formula is C27H28N2O4. The molecule has 6 heteroatoms. The molecule has 0 N–H and O–H groups in total.